The Morgan fingerprint density at radius 1 is 1.05 bits per heavy atom. The predicted octanol–water partition coefficient (Wildman–Crippen LogP) is 6.48. The number of amides is 1. The maximum absolute atomic E-state index is 14.2. The Balaban J connectivity index is 1.44. The molecule has 2 N–H and O–H groups in total. The van der Waals surface area contributed by atoms with Crippen molar-refractivity contribution < 1.29 is 37.7 Å². The molecule has 218 valence electrons. The van der Waals surface area contributed by atoms with Gasteiger partial charge in [0.05, 0.1) is 5.69 Å². The van der Waals surface area contributed by atoms with E-state index in [1.54, 1.807) is 0 Å². The van der Waals surface area contributed by atoms with E-state index >= 15 is 0 Å². The van der Waals surface area contributed by atoms with Crippen LogP contribution in [0.25, 0.3) is 0 Å². The zero-order chi connectivity index (χ0) is 28.7. The number of carbonyl (C=O) groups is 2. The van der Waals surface area contributed by atoms with Gasteiger partial charge in [0.2, 0.25) is 17.7 Å². The smallest absolute Gasteiger partial charge is 0.399 e. The number of alkyl halides is 3. The Morgan fingerprint density at radius 3 is 2.25 bits per heavy atom. The summed E-state index contributed by atoms with van der Waals surface area (Å²) in [5.41, 5.74) is -1.95. The molecular formula is C28H34F3N3O5S. The Morgan fingerprint density at radius 2 is 1.73 bits per heavy atom. The normalized spacial score (nSPS) is 26.5. The summed E-state index contributed by atoms with van der Waals surface area (Å²) in [6, 6.07) is 3.87. The zero-order valence-corrected chi connectivity index (χ0v) is 23.1. The van der Waals surface area contributed by atoms with Crippen LogP contribution in [-0.4, -0.2) is 50.6 Å². The highest BCUT2D eigenvalue weighted by Gasteiger charge is 2.60. The minimum absolute atomic E-state index is 0.0170. The standard InChI is InChI=1S/C28H34F3N3O5S/c1-16-3-5-17(6-4-16)25(36)34(18-7-9-19(10-8-18)39-23-12-11-22(35)32-33-23)20-15-21(40-24(20)26(37)38)27(13-2-14-27)28(29,30)31/h11-12,15-19H,2-10,13-14H2,1H3,(H,32,35)(H,37,38)/t16-,17-,18-,19-. The molecule has 0 unspecified atom stereocenters. The number of hydrogen-bond donors (Lipinski definition) is 2. The predicted molar refractivity (Wildman–Crippen MR) is 142 cm³/mol. The van der Waals surface area contributed by atoms with Crippen molar-refractivity contribution in [2.75, 3.05) is 4.90 Å². The van der Waals surface area contributed by atoms with E-state index < -0.39 is 17.6 Å². The molecule has 0 bridgehead atoms. The number of halogens is 3. The summed E-state index contributed by atoms with van der Waals surface area (Å²) in [7, 11) is 0. The fraction of sp³-hybridized carbons (Fsp3) is 0.643. The van der Waals surface area contributed by atoms with Gasteiger partial charge in [-0.2, -0.15) is 13.2 Å². The number of carboxylic acids is 1. The summed E-state index contributed by atoms with van der Waals surface area (Å²) in [6.07, 6.45) is 0.779. The summed E-state index contributed by atoms with van der Waals surface area (Å²) >= 11 is 0.664. The molecule has 0 atom stereocenters. The SMILES string of the molecule is C[C@H]1CC[C@H](C(=O)N(c2cc(C3(C(F)(F)F)CCC3)sc2C(=O)O)[C@H]2CC[C@H](Oc3ccc(O)nn3)CC2)CC1. The number of thiophene rings is 1. The topological polar surface area (TPSA) is 113 Å². The van der Waals surface area contributed by atoms with Gasteiger partial charge in [-0.1, -0.05) is 13.3 Å². The van der Waals surface area contributed by atoms with Crippen molar-refractivity contribution in [1.82, 2.24) is 10.2 Å². The third kappa shape index (κ3) is 5.51. The molecular weight excluding hydrogens is 547 g/mol. The molecule has 3 aliphatic rings. The number of aromatic carboxylic acids is 1. The number of aromatic hydroxyl groups is 1. The van der Waals surface area contributed by atoms with Crippen molar-refractivity contribution in [2.45, 2.75) is 101 Å². The molecule has 40 heavy (non-hydrogen) atoms. The molecule has 3 saturated carbocycles. The molecule has 5 rings (SSSR count). The number of ether oxygens (including phenoxy) is 1. The Labute approximate surface area is 234 Å². The van der Waals surface area contributed by atoms with Crippen molar-refractivity contribution >= 4 is 28.9 Å². The van der Waals surface area contributed by atoms with Gasteiger partial charge < -0.3 is 19.8 Å². The van der Waals surface area contributed by atoms with Gasteiger partial charge in [0.1, 0.15) is 16.4 Å². The molecule has 12 heteroatoms. The molecule has 8 nitrogen and oxygen atoms in total. The van der Waals surface area contributed by atoms with Crippen molar-refractivity contribution in [3.8, 4) is 11.8 Å². The highest BCUT2D eigenvalue weighted by molar-refractivity contribution is 7.14. The van der Waals surface area contributed by atoms with E-state index in [1.807, 2.05) is 0 Å². The molecule has 1 amide bonds. The quantitative estimate of drug-likeness (QED) is 0.385. The van der Waals surface area contributed by atoms with Gasteiger partial charge in [0, 0.05) is 29.0 Å². The highest BCUT2D eigenvalue weighted by Crippen LogP contribution is 2.57. The van der Waals surface area contributed by atoms with Gasteiger partial charge in [-0.25, -0.2) is 4.79 Å². The largest absolute Gasteiger partial charge is 0.492 e. The van der Waals surface area contributed by atoms with Crippen LogP contribution in [0.3, 0.4) is 0 Å². The lowest BCUT2D eigenvalue weighted by atomic mass is 9.67. The van der Waals surface area contributed by atoms with Crippen LogP contribution in [0.4, 0.5) is 18.9 Å². The van der Waals surface area contributed by atoms with E-state index in [-0.39, 0.29) is 64.0 Å². The molecule has 3 aliphatic carbocycles. The third-order valence-electron chi connectivity index (χ3n) is 8.91. The molecule has 0 saturated heterocycles. The van der Waals surface area contributed by atoms with Crippen molar-refractivity contribution in [1.29, 1.82) is 0 Å². The Bertz CT molecular complexity index is 1210. The van der Waals surface area contributed by atoms with Crippen molar-refractivity contribution in [3.63, 3.8) is 0 Å². The number of rotatable bonds is 7. The van der Waals surface area contributed by atoms with Gasteiger partial charge in [-0.15, -0.1) is 21.5 Å². The molecule has 3 fully saturated rings. The lowest BCUT2D eigenvalue weighted by molar-refractivity contribution is -0.211. The first-order valence-electron chi connectivity index (χ1n) is 14.0. The molecule has 2 aromatic heterocycles. The first-order valence-corrected chi connectivity index (χ1v) is 14.8. The van der Waals surface area contributed by atoms with E-state index in [0.717, 1.165) is 12.8 Å². The van der Waals surface area contributed by atoms with E-state index in [1.165, 1.54) is 23.1 Å². The fourth-order valence-electron chi connectivity index (χ4n) is 6.32. The molecule has 0 aromatic carbocycles. The van der Waals surface area contributed by atoms with Crippen LogP contribution in [0, 0.1) is 11.8 Å². The molecule has 0 radical (unpaired) electrons. The highest BCUT2D eigenvalue weighted by atomic mass is 32.1. The average molecular weight is 582 g/mol. The second kappa shape index (κ2) is 11.2. The minimum Gasteiger partial charge on any atom is -0.492 e. The Hall–Kier alpha value is -2.89. The molecule has 2 aromatic rings. The minimum atomic E-state index is -4.50. The summed E-state index contributed by atoms with van der Waals surface area (Å²) in [5, 5.41) is 26.8. The Kier molecular flexibility index (Phi) is 8.00. The fourth-order valence-corrected chi connectivity index (χ4v) is 7.57. The second-order valence-corrected chi connectivity index (χ2v) is 12.6. The molecule has 0 spiro atoms. The van der Waals surface area contributed by atoms with Crippen LogP contribution in [0.1, 0.15) is 92.1 Å². The van der Waals surface area contributed by atoms with Crippen LogP contribution in [-0.2, 0) is 10.2 Å². The number of carboxylic acid groups (broad SMARTS) is 1. The van der Waals surface area contributed by atoms with Crippen molar-refractivity contribution in [3.05, 3.63) is 28.0 Å². The van der Waals surface area contributed by atoms with Crippen LogP contribution in [0.15, 0.2) is 18.2 Å². The summed E-state index contributed by atoms with van der Waals surface area (Å²) in [4.78, 5) is 27.7. The lowest BCUT2D eigenvalue weighted by Crippen LogP contribution is -2.48. The van der Waals surface area contributed by atoms with E-state index in [9.17, 15) is 33.0 Å². The number of hydrogen-bond acceptors (Lipinski definition) is 7. The lowest BCUT2D eigenvalue weighted by Gasteiger charge is -2.42. The first-order chi connectivity index (χ1) is 19.0. The van der Waals surface area contributed by atoms with Crippen LogP contribution in [0.5, 0.6) is 11.8 Å². The maximum Gasteiger partial charge on any atom is 0.399 e. The number of anilines is 1. The number of nitrogens with zero attached hydrogens (tertiary/aromatic N) is 3. The molecule has 0 aliphatic heterocycles. The first kappa shape index (κ1) is 28.6. The van der Waals surface area contributed by atoms with E-state index in [0.29, 0.717) is 62.2 Å². The second-order valence-electron chi connectivity index (χ2n) is 11.5. The summed E-state index contributed by atoms with van der Waals surface area (Å²) in [6.45, 7) is 2.14. The van der Waals surface area contributed by atoms with Gasteiger partial charge in [0.15, 0.2) is 0 Å². The van der Waals surface area contributed by atoms with Gasteiger partial charge in [-0.05, 0) is 76.2 Å². The van der Waals surface area contributed by atoms with E-state index in [2.05, 4.69) is 17.1 Å². The van der Waals surface area contributed by atoms with Gasteiger partial charge >= 0.3 is 12.1 Å². The summed E-state index contributed by atoms with van der Waals surface area (Å²) < 4.78 is 48.5. The van der Waals surface area contributed by atoms with E-state index in [4.69, 9.17) is 4.74 Å². The van der Waals surface area contributed by atoms with Crippen LogP contribution >= 0.6 is 11.3 Å². The number of aromatic nitrogens is 2. The molecule has 2 heterocycles. The number of carbonyl (C=O) groups excluding carboxylic acids is 1. The van der Waals surface area contributed by atoms with Gasteiger partial charge in [0.25, 0.3) is 0 Å². The third-order valence-corrected chi connectivity index (χ3v) is 10.2. The van der Waals surface area contributed by atoms with Gasteiger partial charge in [-0.3, -0.25) is 4.79 Å². The summed E-state index contributed by atoms with van der Waals surface area (Å²) in [5.74, 6) is -1.26. The zero-order valence-electron chi connectivity index (χ0n) is 22.3. The van der Waals surface area contributed by atoms with Crippen LogP contribution in [0.2, 0.25) is 0 Å². The maximum atomic E-state index is 14.2. The average Bonchev–Trinajstić information content (AvgIpc) is 3.30. The van der Waals surface area contributed by atoms with Crippen LogP contribution < -0.4 is 9.64 Å². The van der Waals surface area contributed by atoms with Crippen molar-refractivity contribution in [2.24, 2.45) is 11.8 Å². The monoisotopic (exact) mass is 581 g/mol.